The van der Waals surface area contributed by atoms with E-state index in [1.165, 1.54) is 29.4 Å². The number of piperazine rings is 1. The molecule has 0 radical (unpaired) electrons. The number of nitrogens with zero attached hydrogens (tertiary/aromatic N) is 5. The second kappa shape index (κ2) is 10.5. The summed E-state index contributed by atoms with van der Waals surface area (Å²) in [6, 6.07) is 4.34. The second-order valence-electron chi connectivity index (χ2n) is 7.21. The molecule has 2 aromatic rings. The van der Waals surface area contributed by atoms with Gasteiger partial charge in [0.1, 0.15) is 5.82 Å². The second-order valence-corrected chi connectivity index (χ2v) is 8.14. The minimum Gasteiger partial charge on any atom is -0.360 e. The first-order valence-electron chi connectivity index (χ1n) is 10.2. The SMILES string of the molecule is CCNC(=NCCc1cn2c(n1)CCCC2)N1CCN(c2cccs2)CC1.I. The molecule has 8 heteroatoms. The summed E-state index contributed by atoms with van der Waals surface area (Å²) in [5.41, 5.74) is 1.19. The van der Waals surface area contributed by atoms with Crippen LogP contribution in [-0.2, 0) is 19.4 Å². The molecule has 1 fully saturated rings. The van der Waals surface area contributed by atoms with Gasteiger partial charge in [-0.2, -0.15) is 0 Å². The summed E-state index contributed by atoms with van der Waals surface area (Å²) in [6.45, 7) is 9.11. The number of rotatable bonds is 5. The number of anilines is 1. The quantitative estimate of drug-likeness (QED) is 0.378. The van der Waals surface area contributed by atoms with Crippen molar-refractivity contribution in [2.45, 2.75) is 39.2 Å². The van der Waals surface area contributed by atoms with Crippen molar-refractivity contribution in [2.24, 2.45) is 4.99 Å². The molecule has 0 bridgehead atoms. The van der Waals surface area contributed by atoms with Gasteiger partial charge in [-0.3, -0.25) is 4.99 Å². The van der Waals surface area contributed by atoms with Crippen LogP contribution in [-0.4, -0.2) is 59.7 Å². The van der Waals surface area contributed by atoms with E-state index in [1.807, 2.05) is 11.3 Å². The highest BCUT2D eigenvalue weighted by Crippen LogP contribution is 2.22. The zero-order valence-corrected chi connectivity index (χ0v) is 19.8. The largest absolute Gasteiger partial charge is 0.360 e. The first kappa shape index (κ1) is 21.4. The Kier molecular flexibility index (Phi) is 8.01. The van der Waals surface area contributed by atoms with Crippen LogP contribution in [0.2, 0.25) is 0 Å². The van der Waals surface area contributed by atoms with E-state index in [2.05, 4.69) is 50.3 Å². The molecule has 28 heavy (non-hydrogen) atoms. The molecular formula is C20H31IN6S. The average molecular weight is 514 g/mol. The van der Waals surface area contributed by atoms with Gasteiger partial charge in [-0.15, -0.1) is 35.3 Å². The van der Waals surface area contributed by atoms with Crippen LogP contribution in [0.25, 0.3) is 0 Å². The molecule has 4 heterocycles. The maximum Gasteiger partial charge on any atom is 0.194 e. The first-order valence-corrected chi connectivity index (χ1v) is 11.1. The van der Waals surface area contributed by atoms with Crippen LogP contribution in [0, 0.1) is 0 Å². The highest BCUT2D eigenvalue weighted by atomic mass is 127. The zero-order chi connectivity index (χ0) is 18.5. The van der Waals surface area contributed by atoms with Crippen molar-refractivity contribution in [1.29, 1.82) is 0 Å². The highest BCUT2D eigenvalue weighted by Gasteiger charge is 2.20. The van der Waals surface area contributed by atoms with Crippen molar-refractivity contribution in [2.75, 3.05) is 44.2 Å². The van der Waals surface area contributed by atoms with Gasteiger partial charge < -0.3 is 19.7 Å². The lowest BCUT2D eigenvalue weighted by Gasteiger charge is -2.37. The van der Waals surface area contributed by atoms with Crippen LogP contribution >= 0.6 is 35.3 Å². The fourth-order valence-corrected chi connectivity index (χ4v) is 4.67. The summed E-state index contributed by atoms with van der Waals surface area (Å²) in [6.07, 6.45) is 6.83. The summed E-state index contributed by atoms with van der Waals surface area (Å²) in [4.78, 5) is 14.6. The molecule has 0 aliphatic carbocycles. The van der Waals surface area contributed by atoms with Crippen LogP contribution in [0.3, 0.4) is 0 Å². The minimum atomic E-state index is 0. The zero-order valence-electron chi connectivity index (χ0n) is 16.6. The Morgan fingerprint density at radius 3 is 2.79 bits per heavy atom. The molecule has 0 saturated carbocycles. The molecule has 0 atom stereocenters. The number of imidazole rings is 1. The van der Waals surface area contributed by atoms with Gasteiger partial charge in [-0.05, 0) is 37.3 Å². The van der Waals surface area contributed by atoms with Crippen molar-refractivity contribution < 1.29 is 0 Å². The topological polar surface area (TPSA) is 48.7 Å². The predicted molar refractivity (Wildman–Crippen MR) is 128 cm³/mol. The number of aliphatic imine (C=N–C) groups is 1. The molecule has 2 aromatic heterocycles. The van der Waals surface area contributed by atoms with Crippen LogP contribution in [0.5, 0.6) is 0 Å². The van der Waals surface area contributed by atoms with Gasteiger partial charge in [0.05, 0.1) is 10.7 Å². The standard InChI is InChI=1S/C20H30N6S.HI/c1-2-21-20(25-13-11-24(12-14-25)19-7-5-15-27-19)22-9-8-17-16-26-10-4-3-6-18(26)23-17;/h5,7,15-16H,2-4,6,8-14H2,1H3,(H,21,22);1H. The summed E-state index contributed by atoms with van der Waals surface area (Å²) in [7, 11) is 0. The molecule has 154 valence electrons. The summed E-state index contributed by atoms with van der Waals surface area (Å²) >= 11 is 1.82. The smallest absolute Gasteiger partial charge is 0.194 e. The molecule has 2 aliphatic heterocycles. The number of thiophene rings is 1. The Morgan fingerprint density at radius 2 is 2.07 bits per heavy atom. The molecule has 0 aromatic carbocycles. The Balaban J connectivity index is 0.00000225. The molecule has 0 unspecified atom stereocenters. The monoisotopic (exact) mass is 514 g/mol. The first-order chi connectivity index (χ1) is 13.3. The normalized spacial score (nSPS) is 17.2. The van der Waals surface area contributed by atoms with Crippen LogP contribution in [0.1, 0.15) is 31.3 Å². The highest BCUT2D eigenvalue weighted by molar-refractivity contribution is 14.0. The van der Waals surface area contributed by atoms with E-state index < -0.39 is 0 Å². The van der Waals surface area contributed by atoms with Gasteiger partial charge in [-0.1, -0.05) is 0 Å². The van der Waals surface area contributed by atoms with Gasteiger partial charge in [0, 0.05) is 64.9 Å². The van der Waals surface area contributed by atoms with E-state index in [1.54, 1.807) is 0 Å². The number of fused-ring (bicyclic) bond motifs is 1. The summed E-state index contributed by atoms with van der Waals surface area (Å²) in [5.74, 6) is 2.31. The summed E-state index contributed by atoms with van der Waals surface area (Å²) < 4.78 is 2.33. The summed E-state index contributed by atoms with van der Waals surface area (Å²) in [5, 5.41) is 7.00. The number of hydrogen-bond acceptors (Lipinski definition) is 4. The fraction of sp³-hybridized carbons (Fsp3) is 0.600. The Morgan fingerprint density at radius 1 is 1.21 bits per heavy atom. The van der Waals surface area contributed by atoms with E-state index in [-0.39, 0.29) is 24.0 Å². The molecule has 1 N–H and O–H groups in total. The third kappa shape index (κ3) is 5.20. The van der Waals surface area contributed by atoms with Crippen LogP contribution in [0.4, 0.5) is 5.00 Å². The number of aromatic nitrogens is 2. The molecular weight excluding hydrogens is 483 g/mol. The Bertz CT molecular complexity index is 725. The predicted octanol–water partition coefficient (Wildman–Crippen LogP) is 3.23. The maximum absolute atomic E-state index is 4.89. The van der Waals surface area contributed by atoms with E-state index >= 15 is 0 Å². The third-order valence-corrected chi connectivity index (χ3v) is 6.25. The van der Waals surface area contributed by atoms with Crippen molar-refractivity contribution in [3.63, 3.8) is 0 Å². The third-order valence-electron chi connectivity index (χ3n) is 5.32. The van der Waals surface area contributed by atoms with Crippen LogP contribution in [0.15, 0.2) is 28.7 Å². The number of hydrogen-bond donors (Lipinski definition) is 1. The average Bonchev–Trinajstić information content (AvgIpc) is 3.37. The Hall–Kier alpha value is -1.29. The van der Waals surface area contributed by atoms with Crippen molar-refractivity contribution in [3.05, 3.63) is 35.2 Å². The van der Waals surface area contributed by atoms with Gasteiger partial charge in [-0.25, -0.2) is 4.98 Å². The molecule has 6 nitrogen and oxygen atoms in total. The van der Waals surface area contributed by atoms with E-state index in [4.69, 9.17) is 9.98 Å². The lowest BCUT2D eigenvalue weighted by molar-refractivity contribution is 0.373. The van der Waals surface area contributed by atoms with Gasteiger partial charge in [0.25, 0.3) is 0 Å². The van der Waals surface area contributed by atoms with Crippen molar-refractivity contribution >= 4 is 46.3 Å². The van der Waals surface area contributed by atoms with E-state index in [0.29, 0.717) is 0 Å². The lowest BCUT2D eigenvalue weighted by atomic mass is 10.2. The molecule has 1 saturated heterocycles. The number of halogens is 1. The molecule has 2 aliphatic rings. The number of guanidine groups is 1. The van der Waals surface area contributed by atoms with E-state index in [0.717, 1.165) is 64.6 Å². The van der Waals surface area contributed by atoms with Crippen molar-refractivity contribution in [1.82, 2.24) is 19.8 Å². The molecule has 0 amide bonds. The maximum atomic E-state index is 4.89. The molecule has 0 spiro atoms. The fourth-order valence-electron chi connectivity index (χ4n) is 3.88. The number of aryl methyl sites for hydroxylation is 2. The van der Waals surface area contributed by atoms with Gasteiger partial charge >= 0.3 is 0 Å². The molecule has 4 rings (SSSR count). The van der Waals surface area contributed by atoms with Crippen LogP contribution < -0.4 is 10.2 Å². The van der Waals surface area contributed by atoms with Gasteiger partial charge in [0.2, 0.25) is 0 Å². The Labute approximate surface area is 189 Å². The lowest BCUT2D eigenvalue weighted by Crippen LogP contribution is -2.52. The van der Waals surface area contributed by atoms with Crippen molar-refractivity contribution in [3.8, 4) is 0 Å². The minimum absolute atomic E-state index is 0. The van der Waals surface area contributed by atoms with Gasteiger partial charge in [0.15, 0.2) is 5.96 Å². The number of nitrogens with one attached hydrogen (secondary N) is 1. The van der Waals surface area contributed by atoms with E-state index in [9.17, 15) is 0 Å².